The fourth-order valence-electron chi connectivity index (χ4n) is 2.15. The van der Waals surface area contributed by atoms with Gasteiger partial charge < -0.3 is 4.74 Å². The monoisotopic (exact) mass is 300 g/mol. The number of benzene rings is 1. The SMILES string of the molecule is CCOC(=O)c1cnc(-n2nc(C)c3ccc(F)cc32)nc1. The minimum atomic E-state index is -0.485. The van der Waals surface area contributed by atoms with Gasteiger partial charge in [-0.1, -0.05) is 0 Å². The van der Waals surface area contributed by atoms with Crippen molar-refractivity contribution in [2.75, 3.05) is 6.61 Å². The van der Waals surface area contributed by atoms with Crippen molar-refractivity contribution in [2.45, 2.75) is 13.8 Å². The summed E-state index contributed by atoms with van der Waals surface area (Å²) in [5.41, 5.74) is 1.57. The lowest BCUT2D eigenvalue weighted by Gasteiger charge is -2.03. The van der Waals surface area contributed by atoms with Crippen LogP contribution in [0.2, 0.25) is 0 Å². The van der Waals surface area contributed by atoms with E-state index in [1.54, 1.807) is 13.0 Å². The van der Waals surface area contributed by atoms with E-state index in [1.165, 1.54) is 29.2 Å². The molecule has 0 aliphatic rings. The van der Waals surface area contributed by atoms with Crippen LogP contribution in [0.15, 0.2) is 30.6 Å². The second kappa shape index (κ2) is 5.51. The van der Waals surface area contributed by atoms with Gasteiger partial charge in [-0.15, -0.1) is 0 Å². The van der Waals surface area contributed by atoms with Crippen LogP contribution in [-0.4, -0.2) is 32.3 Å². The highest BCUT2D eigenvalue weighted by molar-refractivity contribution is 5.88. The number of ether oxygens (including phenoxy) is 1. The average molecular weight is 300 g/mol. The van der Waals surface area contributed by atoms with Crippen molar-refractivity contribution in [3.05, 3.63) is 47.7 Å². The Labute approximate surface area is 125 Å². The van der Waals surface area contributed by atoms with Gasteiger partial charge in [0, 0.05) is 23.8 Å². The molecule has 0 spiro atoms. The molecule has 0 saturated carbocycles. The molecule has 2 aromatic heterocycles. The summed E-state index contributed by atoms with van der Waals surface area (Å²) < 4.78 is 19.8. The Morgan fingerprint density at radius 2 is 2.05 bits per heavy atom. The van der Waals surface area contributed by atoms with Crippen molar-refractivity contribution in [1.82, 2.24) is 19.7 Å². The van der Waals surface area contributed by atoms with Crippen LogP contribution in [0, 0.1) is 12.7 Å². The molecule has 0 unspecified atom stereocenters. The summed E-state index contributed by atoms with van der Waals surface area (Å²) in [7, 11) is 0. The molecule has 0 N–H and O–H groups in total. The third-order valence-electron chi connectivity index (χ3n) is 3.17. The zero-order chi connectivity index (χ0) is 15.7. The summed E-state index contributed by atoms with van der Waals surface area (Å²) >= 11 is 0. The number of hydrogen-bond donors (Lipinski definition) is 0. The molecule has 1 aromatic carbocycles. The summed E-state index contributed by atoms with van der Waals surface area (Å²) in [6, 6.07) is 4.42. The third kappa shape index (κ3) is 2.41. The number of carbonyl (C=O) groups excluding carboxylic acids is 1. The van der Waals surface area contributed by atoms with E-state index in [4.69, 9.17) is 4.74 Å². The van der Waals surface area contributed by atoms with E-state index < -0.39 is 5.97 Å². The van der Waals surface area contributed by atoms with Crippen LogP contribution >= 0.6 is 0 Å². The van der Waals surface area contributed by atoms with E-state index >= 15 is 0 Å². The molecule has 6 nitrogen and oxygen atoms in total. The van der Waals surface area contributed by atoms with Gasteiger partial charge in [0.1, 0.15) is 5.82 Å². The molecule has 3 aromatic rings. The van der Waals surface area contributed by atoms with Crippen molar-refractivity contribution in [3.63, 3.8) is 0 Å². The second-order valence-corrected chi connectivity index (χ2v) is 4.65. The van der Waals surface area contributed by atoms with Crippen LogP contribution in [0.25, 0.3) is 16.9 Å². The number of aryl methyl sites for hydroxylation is 1. The number of nitrogens with zero attached hydrogens (tertiary/aromatic N) is 4. The fourth-order valence-corrected chi connectivity index (χ4v) is 2.15. The quantitative estimate of drug-likeness (QED) is 0.695. The van der Waals surface area contributed by atoms with Crippen molar-refractivity contribution in [3.8, 4) is 5.95 Å². The summed E-state index contributed by atoms with van der Waals surface area (Å²) in [5.74, 6) is -0.588. The van der Waals surface area contributed by atoms with Gasteiger partial charge in [-0.25, -0.2) is 19.2 Å². The molecular weight excluding hydrogens is 287 g/mol. The second-order valence-electron chi connectivity index (χ2n) is 4.65. The summed E-state index contributed by atoms with van der Waals surface area (Å²) in [4.78, 5) is 19.8. The molecule has 0 atom stereocenters. The first-order valence-electron chi connectivity index (χ1n) is 6.74. The standard InChI is InChI=1S/C15H13FN4O2/c1-3-22-14(21)10-7-17-15(18-8-10)20-13-6-11(16)4-5-12(13)9(2)19-20/h4-8H,3H2,1-2H3. The Morgan fingerprint density at radius 3 is 2.73 bits per heavy atom. The molecule has 7 heteroatoms. The van der Waals surface area contributed by atoms with E-state index in [0.717, 1.165) is 11.1 Å². The smallest absolute Gasteiger partial charge is 0.341 e. The number of rotatable bonds is 3. The van der Waals surface area contributed by atoms with Gasteiger partial charge in [0.25, 0.3) is 5.95 Å². The predicted molar refractivity (Wildman–Crippen MR) is 77.3 cm³/mol. The van der Waals surface area contributed by atoms with Crippen molar-refractivity contribution >= 4 is 16.9 Å². The Balaban J connectivity index is 2.04. The number of hydrogen-bond acceptors (Lipinski definition) is 5. The highest BCUT2D eigenvalue weighted by Crippen LogP contribution is 2.21. The van der Waals surface area contributed by atoms with E-state index in [9.17, 15) is 9.18 Å². The van der Waals surface area contributed by atoms with Crippen LogP contribution in [0.4, 0.5) is 4.39 Å². The van der Waals surface area contributed by atoms with Gasteiger partial charge in [0.15, 0.2) is 0 Å². The Hall–Kier alpha value is -2.83. The molecule has 0 amide bonds. The molecule has 112 valence electrons. The molecular formula is C15H13FN4O2. The molecule has 0 aliphatic heterocycles. The van der Waals surface area contributed by atoms with Gasteiger partial charge in [-0.05, 0) is 26.0 Å². The number of carbonyl (C=O) groups is 1. The minimum absolute atomic E-state index is 0.255. The van der Waals surface area contributed by atoms with Gasteiger partial charge in [-0.2, -0.15) is 9.78 Å². The van der Waals surface area contributed by atoms with E-state index in [1.807, 2.05) is 6.92 Å². The lowest BCUT2D eigenvalue weighted by Crippen LogP contribution is -2.08. The van der Waals surface area contributed by atoms with Crippen LogP contribution in [0.1, 0.15) is 23.0 Å². The molecule has 0 radical (unpaired) electrons. The number of fused-ring (bicyclic) bond motifs is 1. The molecule has 3 rings (SSSR count). The number of esters is 1. The molecule has 0 aliphatic carbocycles. The van der Waals surface area contributed by atoms with Crippen LogP contribution in [-0.2, 0) is 4.74 Å². The topological polar surface area (TPSA) is 69.9 Å². The van der Waals surface area contributed by atoms with E-state index in [0.29, 0.717) is 5.52 Å². The maximum Gasteiger partial charge on any atom is 0.341 e. The first kappa shape index (κ1) is 14.1. The Kier molecular flexibility index (Phi) is 3.54. The average Bonchev–Trinajstić information content (AvgIpc) is 2.84. The molecule has 0 bridgehead atoms. The zero-order valence-electron chi connectivity index (χ0n) is 12.1. The fraction of sp³-hybridized carbons (Fsp3) is 0.200. The lowest BCUT2D eigenvalue weighted by molar-refractivity contribution is 0.0525. The first-order chi connectivity index (χ1) is 10.6. The van der Waals surface area contributed by atoms with Gasteiger partial charge >= 0.3 is 5.97 Å². The minimum Gasteiger partial charge on any atom is -0.462 e. The summed E-state index contributed by atoms with van der Waals surface area (Å²) in [6.07, 6.45) is 2.73. The molecule has 0 fully saturated rings. The highest BCUT2D eigenvalue weighted by Gasteiger charge is 2.13. The maximum absolute atomic E-state index is 13.5. The summed E-state index contributed by atoms with van der Waals surface area (Å²) in [5, 5.41) is 5.14. The van der Waals surface area contributed by atoms with Crippen molar-refractivity contribution in [1.29, 1.82) is 0 Å². The largest absolute Gasteiger partial charge is 0.462 e. The third-order valence-corrected chi connectivity index (χ3v) is 3.17. The number of aromatic nitrogens is 4. The number of halogens is 1. The van der Waals surface area contributed by atoms with Gasteiger partial charge in [0.2, 0.25) is 0 Å². The first-order valence-corrected chi connectivity index (χ1v) is 6.74. The molecule has 22 heavy (non-hydrogen) atoms. The van der Waals surface area contributed by atoms with E-state index in [2.05, 4.69) is 15.1 Å². The highest BCUT2D eigenvalue weighted by atomic mass is 19.1. The van der Waals surface area contributed by atoms with Crippen molar-refractivity contribution in [2.24, 2.45) is 0 Å². The zero-order valence-corrected chi connectivity index (χ0v) is 12.1. The molecule has 0 saturated heterocycles. The Morgan fingerprint density at radius 1 is 1.32 bits per heavy atom. The Bertz CT molecular complexity index is 843. The normalized spacial score (nSPS) is 10.9. The van der Waals surface area contributed by atoms with Gasteiger partial charge in [-0.3, -0.25) is 0 Å². The predicted octanol–water partition coefficient (Wildman–Crippen LogP) is 2.44. The lowest BCUT2D eigenvalue weighted by atomic mass is 10.2. The van der Waals surface area contributed by atoms with Crippen LogP contribution in [0.5, 0.6) is 0 Å². The summed E-state index contributed by atoms with van der Waals surface area (Å²) in [6.45, 7) is 3.83. The van der Waals surface area contributed by atoms with Crippen molar-refractivity contribution < 1.29 is 13.9 Å². The maximum atomic E-state index is 13.5. The van der Waals surface area contributed by atoms with Crippen LogP contribution < -0.4 is 0 Å². The van der Waals surface area contributed by atoms with E-state index in [-0.39, 0.29) is 23.9 Å². The van der Waals surface area contributed by atoms with Crippen LogP contribution in [0.3, 0.4) is 0 Å². The molecule has 2 heterocycles. The van der Waals surface area contributed by atoms with Gasteiger partial charge in [0.05, 0.1) is 23.4 Å².